The highest BCUT2D eigenvalue weighted by Crippen LogP contribution is 2.18. The number of ether oxygens (including phenoxy) is 1. The van der Waals surface area contributed by atoms with Crippen LogP contribution in [-0.2, 0) is 0 Å². The molecule has 1 aromatic carbocycles. The molecule has 86 valence electrons. The Morgan fingerprint density at radius 3 is 2.56 bits per heavy atom. The van der Waals surface area contributed by atoms with Crippen molar-refractivity contribution in [3.8, 4) is 5.75 Å². The average molecular weight is 216 g/mol. The van der Waals surface area contributed by atoms with E-state index in [0.717, 1.165) is 23.3 Å². The van der Waals surface area contributed by atoms with Gasteiger partial charge >= 0.3 is 0 Å². The van der Waals surface area contributed by atoms with Crippen molar-refractivity contribution < 1.29 is 4.74 Å². The fourth-order valence-corrected chi connectivity index (χ4v) is 1.45. The molecular formula is C15H20O. The summed E-state index contributed by atoms with van der Waals surface area (Å²) in [4.78, 5) is 0. The van der Waals surface area contributed by atoms with Gasteiger partial charge < -0.3 is 4.74 Å². The maximum absolute atomic E-state index is 5.11. The fraction of sp³-hybridized carbons (Fsp3) is 0.333. The van der Waals surface area contributed by atoms with E-state index >= 15 is 0 Å². The zero-order valence-electron chi connectivity index (χ0n) is 10.2. The molecule has 16 heavy (non-hydrogen) atoms. The van der Waals surface area contributed by atoms with E-state index in [-0.39, 0.29) is 0 Å². The molecule has 0 unspecified atom stereocenters. The van der Waals surface area contributed by atoms with Crippen molar-refractivity contribution in [2.45, 2.75) is 26.2 Å². The van der Waals surface area contributed by atoms with Gasteiger partial charge in [-0.05, 0) is 29.7 Å². The lowest BCUT2D eigenvalue weighted by atomic mass is 10.1. The van der Waals surface area contributed by atoms with Crippen LogP contribution in [0, 0.1) is 0 Å². The van der Waals surface area contributed by atoms with Crippen molar-refractivity contribution in [3.63, 3.8) is 0 Å². The van der Waals surface area contributed by atoms with Crippen LogP contribution < -0.4 is 4.74 Å². The minimum Gasteiger partial charge on any atom is -0.497 e. The van der Waals surface area contributed by atoms with Crippen molar-refractivity contribution in [2.75, 3.05) is 7.11 Å². The predicted molar refractivity (Wildman–Crippen MR) is 70.7 cm³/mol. The van der Waals surface area contributed by atoms with Crippen LogP contribution in [0.1, 0.15) is 31.7 Å². The van der Waals surface area contributed by atoms with E-state index in [1.807, 2.05) is 24.3 Å². The summed E-state index contributed by atoms with van der Waals surface area (Å²) in [5.74, 6) is 0.881. The monoisotopic (exact) mass is 216 g/mol. The molecule has 0 aliphatic carbocycles. The molecule has 0 amide bonds. The summed E-state index contributed by atoms with van der Waals surface area (Å²) in [6.07, 6.45) is 7.89. The van der Waals surface area contributed by atoms with E-state index in [4.69, 9.17) is 4.74 Å². The minimum absolute atomic E-state index is 0.881. The van der Waals surface area contributed by atoms with Gasteiger partial charge in [-0.3, -0.25) is 0 Å². The summed E-state index contributed by atoms with van der Waals surface area (Å²) in [5.41, 5.74) is 2.20. The van der Waals surface area contributed by atoms with Crippen molar-refractivity contribution in [1.29, 1.82) is 0 Å². The van der Waals surface area contributed by atoms with Gasteiger partial charge in [-0.25, -0.2) is 0 Å². The molecule has 0 heterocycles. The smallest absolute Gasteiger partial charge is 0.118 e. The molecule has 0 aliphatic rings. The molecule has 1 heteroatoms. The number of hydrogen-bond donors (Lipinski definition) is 0. The molecule has 0 N–H and O–H groups in total. The first-order chi connectivity index (χ1) is 7.77. The van der Waals surface area contributed by atoms with Gasteiger partial charge in [0.15, 0.2) is 0 Å². The number of unbranched alkanes of at least 4 members (excludes halogenated alkanes) is 2. The molecule has 0 bridgehead atoms. The van der Waals surface area contributed by atoms with E-state index in [1.165, 1.54) is 12.8 Å². The van der Waals surface area contributed by atoms with E-state index in [0.29, 0.717) is 0 Å². The van der Waals surface area contributed by atoms with Crippen molar-refractivity contribution in [2.24, 2.45) is 0 Å². The van der Waals surface area contributed by atoms with Crippen LogP contribution in [0.15, 0.2) is 43.0 Å². The number of rotatable bonds is 6. The van der Waals surface area contributed by atoms with Crippen LogP contribution >= 0.6 is 0 Å². The largest absolute Gasteiger partial charge is 0.497 e. The molecule has 0 fully saturated rings. The standard InChI is InChI=1S/C15H20O/c1-4-5-6-7-8-13(2)14-9-11-15(16-3)12-10-14/h7-12H,2,4-6H2,1,3H3/b8-7+. The van der Waals surface area contributed by atoms with Crippen molar-refractivity contribution in [3.05, 3.63) is 48.6 Å². The fourth-order valence-electron chi connectivity index (χ4n) is 1.45. The molecule has 0 spiro atoms. The lowest BCUT2D eigenvalue weighted by molar-refractivity contribution is 0.415. The van der Waals surface area contributed by atoms with Crippen LogP contribution in [0.2, 0.25) is 0 Å². The lowest BCUT2D eigenvalue weighted by Crippen LogP contribution is -1.83. The molecule has 0 aliphatic heterocycles. The molecule has 0 saturated carbocycles. The zero-order valence-corrected chi connectivity index (χ0v) is 10.2. The van der Waals surface area contributed by atoms with Crippen LogP contribution in [0.3, 0.4) is 0 Å². The van der Waals surface area contributed by atoms with E-state index in [9.17, 15) is 0 Å². The van der Waals surface area contributed by atoms with Gasteiger partial charge in [-0.1, -0.05) is 50.6 Å². The van der Waals surface area contributed by atoms with Crippen LogP contribution in [0.5, 0.6) is 5.75 Å². The summed E-state index contributed by atoms with van der Waals surface area (Å²) in [7, 11) is 1.68. The SMILES string of the molecule is C=C(/C=C/CCCC)c1ccc(OC)cc1. The van der Waals surface area contributed by atoms with E-state index < -0.39 is 0 Å². The Morgan fingerprint density at radius 1 is 1.31 bits per heavy atom. The van der Waals surface area contributed by atoms with Gasteiger partial charge in [-0.15, -0.1) is 0 Å². The maximum Gasteiger partial charge on any atom is 0.118 e. The van der Waals surface area contributed by atoms with Crippen LogP contribution in [-0.4, -0.2) is 7.11 Å². The Hall–Kier alpha value is -1.50. The molecular weight excluding hydrogens is 196 g/mol. The van der Waals surface area contributed by atoms with Gasteiger partial charge in [0.1, 0.15) is 5.75 Å². The Bertz CT molecular complexity index is 346. The summed E-state index contributed by atoms with van der Waals surface area (Å²) in [6, 6.07) is 7.98. The highest BCUT2D eigenvalue weighted by Gasteiger charge is 1.95. The summed E-state index contributed by atoms with van der Waals surface area (Å²) >= 11 is 0. The topological polar surface area (TPSA) is 9.23 Å². The second-order valence-corrected chi connectivity index (χ2v) is 3.80. The van der Waals surface area contributed by atoms with Crippen LogP contribution in [0.25, 0.3) is 5.57 Å². The molecule has 0 radical (unpaired) electrons. The maximum atomic E-state index is 5.11. The van der Waals surface area contributed by atoms with Gasteiger partial charge in [-0.2, -0.15) is 0 Å². The lowest BCUT2D eigenvalue weighted by Gasteiger charge is -2.03. The summed E-state index contributed by atoms with van der Waals surface area (Å²) < 4.78 is 5.11. The second kappa shape index (κ2) is 6.89. The van der Waals surface area contributed by atoms with E-state index in [1.54, 1.807) is 7.11 Å². The van der Waals surface area contributed by atoms with E-state index in [2.05, 4.69) is 25.7 Å². The predicted octanol–water partition coefficient (Wildman–Crippen LogP) is 4.45. The highest BCUT2D eigenvalue weighted by atomic mass is 16.5. The van der Waals surface area contributed by atoms with Gasteiger partial charge in [0.25, 0.3) is 0 Å². The minimum atomic E-state index is 0.881. The third-order valence-corrected chi connectivity index (χ3v) is 2.50. The highest BCUT2D eigenvalue weighted by molar-refractivity contribution is 5.72. The molecule has 1 rings (SSSR count). The van der Waals surface area contributed by atoms with Crippen molar-refractivity contribution in [1.82, 2.24) is 0 Å². The summed E-state index contributed by atoms with van der Waals surface area (Å²) in [6.45, 7) is 6.25. The number of allylic oxidation sites excluding steroid dienone is 3. The average Bonchev–Trinajstić information content (AvgIpc) is 2.34. The van der Waals surface area contributed by atoms with Crippen molar-refractivity contribution >= 4 is 5.57 Å². The zero-order chi connectivity index (χ0) is 11.8. The third-order valence-electron chi connectivity index (χ3n) is 2.50. The molecule has 0 saturated heterocycles. The second-order valence-electron chi connectivity index (χ2n) is 3.80. The Labute approximate surface area is 98.5 Å². The van der Waals surface area contributed by atoms with Gasteiger partial charge in [0, 0.05) is 0 Å². The molecule has 0 atom stereocenters. The van der Waals surface area contributed by atoms with Gasteiger partial charge in [0.05, 0.1) is 7.11 Å². The molecule has 1 nitrogen and oxygen atoms in total. The normalized spacial score (nSPS) is 10.6. The van der Waals surface area contributed by atoms with Gasteiger partial charge in [0.2, 0.25) is 0 Å². The number of methoxy groups -OCH3 is 1. The first-order valence-electron chi connectivity index (χ1n) is 5.77. The Morgan fingerprint density at radius 2 is 2.00 bits per heavy atom. The Balaban J connectivity index is 2.55. The summed E-state index contributed by atoms with van der Waals surface area (Å²) in [5, 5.41) is 0. The number of hydrogen-bond acceptors (Lipinski definition) is 1. The first-order valence-corrected chi connectivity index (χ1v) is 5.77. The first kappa shape index (κ1) is 12.6. The van der Waals surface area contributed by atoms with Crippen LogP contribution in [0.4, 0.5) is 0 Å². The quantitative estimate of drug-likeness (QED) is 0.504. The molecule has 0 aromatic heterocycles. The number of benzene rings is 1. The third kappa shape index (κ3) is 3.93. The Kier molecular flexibility index (Phi) is 5.41. The molecule has 1 aromatic rings.